The van der Waals surface area contributed by atoms with Crippen LogP contribution in [-0.2, 0) is 6.37 Å². The minimum absolute atomic E-state index is 0.00115. The second-order valence-corrected chi connectivity index (χ2v) is 4.56. The number of hydrogen-bond donors (Lipinski definition) is 1. The van der Waals surface area contributed by atoms with Crippen molar-refractivity contribution in [2.24, 2.45) is 5.89 Å². The van der Waals surface area contributed by atoms with Crippen LogP contribution in [0.15, 0.2) is 23.7 Å². The highest BCUT2D eigenvalue weighted by atomic mass is 16.5. The number of hydrogen-bond acceptors (Lipinski definition) is 2. The molecule has 2 atom stereocenters. The van der Waals surface area contributed by atoms with Crippen molar-refractivity contribution >= 4 is 0 Å². The molecule has 2 heteroatoms. The van der Waals surface area contributed by atoms with Gasteiger partial charge in [-0.15, -0.1) is 0 Å². The summed E-state index contributed by atoms with van der Waals surface area (Å²) in [5.41, 5.74) is -9.78. The standard InChI is InChI=1S/C21H30O2/c1-5-6-7-8-15-12-18(22)20-16-11-14(2)9-10-17(16)21(3,4)23-19(20)13-15/h11-13,16-17,22H,5-10H2,1-4H3/t16-,17-/m1/s1/i1D3,2D3,3D3,4D3,5D2,6D2,7D2,8D2,9D2,10D2,11D,13D,16D,17D. The lowest BCUT2D eigenvalue weighted by Gasteiger charge is -2.46. The van der Waals surface area contributed by atoms with Gasteiger partial charge in [0.25, 0.3) is 0 Å². The highest BCUT2D eigenvalue weighted by Crippen LogP contribution is 2.53. The Balaban J connectivity index is 2.76. The van der Waals surface area contributed by atoms with Crippen LogP contribution in [0, 0.1) is 5.89 Å². The summed E-state index contributed by atoms with van der Waals surface area (Å²) < 4.78 is 236. The van der Waals surface area contributed by atoms with E-state index in [4.69, 9.17) is 40.4 Å². The third-order valence-corrected chi connectivity index (χ3v) is 3.00. The summed E-state index contributed by atoms with van der Waals surface area (Å²) in [6.45, 7) is -16.7. The molecule has 23 heavy (non-hydrogen) atoms. The molecule has 1 N–H and O–H groups in total. The predicted molar refractivity (Wildman–Crippen MR) is 95.3 cm³/mol. The molecule has 1 aromatic carbocycles. The third-order valence-electron chi connectivity index (χ3n) is 3.00. The fourth-order valence-corrected chi connectivity index (χ4v) is 2.12. The first-order valence-electron chi connectivity index (χ1n) is 20.2. The van der Waals surface area contributed by atoms with Crippen LogP contribution in [0.1, 0.15) is 115 Å². The number of ether oxygens (including phenoxy) is 1. The number of phenols is 1. The van der Waals surface area contributed by atoms with Gasteiger partial charge in [0, 0.05) is 53.0 Å². The molecule has 0 bridgehead atoms. The van der Waals surface area contributed by atoms with Gasteiger partial charge in [-0.3, -0.25) is 0 Å². The van der Waals surface area contributed by atoms with Crippen molar-refractivity contribution in [3.63, 3.8) is 0 Å². The Labute approximate surface area is 179 Å². The molecule has 126 valence electrons. The molecule has 0 fully saturated rings. The molecule has 1 heterocycles. The number of aryl methyl sites for hydroxylation is 1. The quantitative estimate of drug-likeness (QED) is 0.707. The van der Waals surface area contributed by atoms with Crippen LogP contribution in [0.2, 0.25) is 0 Å². The van der Waals surface area contributed by atoms with E-state index in [1.54, 1.807) is 0 Å². The van der Waals surface area contributed by atoms with E-state index in [0.717, 1.165) is 0 Å². The van der Waals surface area contributed by atoms with Crippen molar-refractivity contribution < 1.29 is 48.2 Å². The smallest absolute Gasteiger partial charge is 0.127 e. The molecule has 1 aliphatic carbocycles. The summed E-state index contributed by atoms with van der Waals surface area (Å²) in [5.74, 6) is -12.3. The van der Waals surface area contributed by atoms with Crippen LogP contribution >= 0.6 is 0 Å². The zero-order valence-electron chi connectivity index (χ0n) is 39.4. The topological polar surface area (TPSA) is 29.5 Å². The molecule has 0 aromatic heterocycles. The maximum atomic E-state index is 11.3. The molecule has 0 saturated heterocycles. The zero-order valence-corrected chi connectivity index (χ0v) is 11.4. The minimum atomic E-state index is -4.62. The molecule has 0 radical (unpaired) electrons. The Morgan fingerprint density at radius 3 is 3.26 bits per heavy atom. The number of benzene rings is 1. The molecule has 1 aromatic rings. The highest BCUT2D eigenvalue weighted by Gasteiger charge is 2.45. The van der Waals surface area contributed by atoms with Gasteiger partial charge in [-0.1, -0.05) is 31.2 Å². The Bertz CT molecular complexity index is 1620. The lowest BCUT2D eigenvalue weighted by atomic mass is 9.68. The molecule has 2 nitrogen and oxygen atoms in total. The highest BCUT2D eigenvalue weighted by molar-refractivity contribution is 5.53. The van der Waals surface area contributed by atoms with Gasteiger partial charge >= 0.3 is 0 Å². The van der Waals surface area contributed by atoms with Crippen LogP contribution in [0.5, 0.6) is 11.5 Å². The summed E-state index contributed by atoms with van der Waals surface area (Å²) in [4.78, 5) is 0. The number of phenolic OH excluding ortho intramolecular Hbond substituents is 1. The first-order chi connectivity index (χ1) is 21.9. The minimum Gasteiger partial charge on any atom is -0.507 e. The molecule has 1 aliphatic heterocycles. The normalized spacial score (nSPS) is 59.0. The number of allylic oxidation sites excluding steroid dienone is 2. The van der Waals surface area contributed by atoms with E-state index in [1.807, 2.05) is 0 Å². The molecule has 0 saturated carbocycles. The van der Waals surface area contributed by atoms with Crippen LogP contribution < -0.4 is 4.74 Å². The number of fused-ring (bicyclic) bond motifs is 3. The number of aromatic hydroxyl groups is 1. The van der Waals surface area contributed by atoms with E-state index in [2.05, 4.69) is 0 Å². The fraction of sp³-hybridized carbons (Fsp3) is 0.619. The summed E-state index contributed by atoms with van der Waals surface area (Å²) in [7, 11) is 0. The number of rotatable bonds is 4. The Morgan fingerprint density at radius 1 is 1.57 bits per heavy atom. The lowest BCUT2D eigenvalue weighted by Crippen LogP contribution is -2.45. The van der Waals surface area contributed by atoms with E-state index in [-0.39, 0.29) is 6.07 Å². The van der Waals surface area contributed by atoms with E-state index in [0.29, 0.717) is 0 Å². The van der Waals surface area contributed by atoms with Crippen molar-refractivity contribution in [2.45, 2.75) is 77.1 Å². The van der Waals surface area contributed by atoms with Gasteiger partial charge < -0.3 is 9.84 Å². The third kappa shape index (κ3) is 3.13. The molecule has 0 unspecified atom stereocenters. The lowest BCUT2D eigenvalue weighted by molar-refractivity contribution is 0.0107. The van der Waals surface area contributed by atoms with Crippen molar-refractivity contribution in [1.29, 1.82) is 0 Å². The second kappa shape index (κ2) is 6.22. The SMILES string of the molecule is [2H]C1=C(C([2H])([2H])[2H])C([2H])([2H])C([2H])([2H])[C@@]2([2H])C(C([2H])([2H])[2H])(C([2H])([2H])[2H])Oc3c([2H])c(C([2H])([2H])C([2H])([2H])C([2H])([2H])C([2H])([2H])C([2H])([2H])[2H])cc(O)c3[C@]12[2H]. The maximum Gasteiger partial charge on any atom is 0.127 e. The van der Waals surface area contributed by atoms with Gasteiger partial charge in [0.05, 0.1) is 2.74 Å². The summed E-state index contributed by atoms with van der Waals surface area (Å²) >= 11 is 0. The maximum absolute atomic E-state index is 11.3. The van der Waals surface area contributed by atoms with E-state index < -0.39 is 123 Å². The first-order valence-corrected chi connectivity index (χ1v) is 6.21. The van der Waals surface area contributed by atoms with E-state index in [1.165, 1.54) is 0 Å². The molecule has 0 amide bonds. The van der Waals surface area contributed by atoms with Crippen LogP contribution in [0.25, 0.3) is 0 Å². The summed E-state index contributed by atoms with van der Waals surface area (Å²) in [5, 5.41) is 11.3. The fourth-order valence-electron chi connectivity index (χ4n) is 2.12. The largest absolute Gasteiger partial charge is 0.507 e. The Morgan fingerprint density at radius 2 is 2.48 bits per heavy atom. The van der Waals surface area contributed by atoms with E-state index in [9.17, 15) is 7.85 Å². The van der Waals surface area contributed by atoms with Crippen molar-refractivity contribution in [3.05, 3.63) is 34.9 Å². The van der Waals surface area contributed by atoms with Gasteiger partial charge in [-0.2, -0.15) is 0 Å². The zero-order chi connectivity index (χ0) is 41.0. The summed E-state index contributed by atoms with van der Waals surface area (Å²) in [6.07, 6.45) is -25.8. The molecular formula is C21H30O2. The van der Waals surface area contributed by atoms with Crippen LogP contribution in [0.3, 0.4) is 0 Å². The molecular weight excluding hydrogens is 284 g/mol. The summed E-state index contributed by atoms with van der Waals surface area (Å²) in [6, 6.07) is -3.76. The van der Waals surface area contributed by atoms with Crippen molar-refractivity contribution in [3.8, 4) is 11.5 Å². The van der Waals surface area contributed by atoms with Gasteiger partial charge in [0.1, 0.15) is 17.1 Å². The average molecular weight is 343 g/mol. The van der Waals surface area contributed by atoms with Gasteiger partial charge in [0.15, 0.2) is 0 Å². The van der Waals surface area contributed by atoms with Crippen molar-refractivity contribution in [1.82, 2.24) is 0 Å². The predicted octanol–water partition coefficient (Wildman–Crippen LogP) is 5.74. The Hall–Kier alpha value is -1.44. The monoisotopic (exact) mass is 342 g/mol. The van der Waals surface area contributed by atoms with Crippen LogP contribution in [-0.4, -0.2) is 10.7 Å². The van der Waals surface area contributed by atoms with E-state index >= 15 is 0 Å². The van der Waals surface area contributed by atoms with Gasteiger partial charge in [-0.25, -0.2) is 0 Å². The van der Waals surface area contributed by atoms with Crippen molar-refractivity contribution in [2.75, 3.05) is 0 Å². The van der Waals surface area contributed by atoms with Crippen LogP contribution in [0.4, 0.5) is 0 Å². The van der Waals surface area contributed by atoms with Gasteiger partial charge in [-0.05, 0) is 63.7 Å². The average Bonchev–Trinajstić information content (AvgIpc) is 2.87. The molecule has 3 rings (SSSR count). The first kappa shape index (κ1) is 3.43. The van der Waals surface area contributed by atoms with Gasteiger partial charge in [0.2, 0.25) is 0 Å². The Kier molecular flexibility index (Phi) is 0.927. The molecule has 2 aliphatic rings. The second-order valence-electron chi connectivity index (χ2n) is 4.56. The molecule has 0 spiro atoms.